The number of fused-ring (bicyclic) bond motifs is 1. The van der Waals surface area contributed by atoms with Crippen LogP contribution in [0.2, 0.25) is 0 Å². The van der Waals surface area contributed by atoms with E-state index >= 15 is 0 Å². The van der Waals surface area contributed by atoms with Crippen molar-refractivity contribution in [3.63, 3.8) is 0 Å². The van der Waals surface area contributed by atoms with Gasteiger partial charge in [-0.15, -0.1) is 0 Å². The van der Waals surface area contributed by atoms with Gasteiger partial charge in [0.2, 0.25) is 0 Å². The van der Waals surface area contributed by atoms with Crippen LogP contribution in [0.4, 0.5) is 10.5 Å². The van der Waals surface area contributed by atoms with Gasteiger partial charge in [0, 0.05) is 18.3 Å². The number of anilines is 1. The molecule has 0 atom stereocenters. The molecule has 0 aliphatic carbocycles. The summed E-state index contributed by atoms with van der Waals surface area (Å²) >= 11 is 0. The molecule has 1 aliphatic rings. The zero-order chi connectivity index (χ0) is 15.2. The lowest BCUT2D eigenvalue weighted by Crippen LogP contribution is -2.30. The van der Waals surface area contributed by atoms with Crippen LogP contribution in [0.15, 0.2) is 48.5 Å². The predicted molar refractivity (Wildman–Crippen MR) is 84.6 cm³/mol. The summed E-state index contributed by atoms with van der Waals surface area (Å²) in [5.41, 5.74) is 1.88. The first-order valence-electron chi connectivity index (χ1n) is 7.30. The quantitative estimate of drug-likeness (QED) is 0.912. The number of nitrogens with one attached hydrogen (secondary N) is 2. The van der Waals surface area contributed by atoms with Crippen LogP contribution >= 0.6 is 0 Å². The summed E-state index contributed by atoms with van der Waals surface area (Å²) < 4.78 is 10.9. The van der Waals surface area contributed by atoms with Crippen molar-refractivity contribution in [2.75, 3.05) is 25.1 Å². The molecule has 2 amide bonds. The summed E-state index contributed by atoms with van der Waals surface area (Å²) in [6.45, 7) is 1.67. The summed E-state index contributed by atoms with van der Waals surface area (Å²) in [5, 5.41) is 5.63. The van der Waals surface area contributed by atoms with Crippen LogP contribution in [0.3, 0.4) is 0 Å². The molecule has 0 aromatic heterocycles. The van der Waals surface area contributed by atoms with Crippen LogP contribution in [-0.4, -0.2) is 25.8 Å². The molecule has 0 radical (unpaired) electrons. The first kappa shape index (κ1) is 14.3. The van der Waals surface area contributed by atoms with E-state index in [0.29, 0.717) is 36.9 Å². The molecule has 5 heteroatoms. The maximum Gasteiger partial charge on any atom is 0.319 e. The fourth-order valence-corrected chi connectivity index (χ4v) is 2.26. The molecule has 0 fully saturated rings. The summed E-state index contributed by atoms with van der Waals surface area (Å²) in [4.78, 5) is 11.9. The van der Waals surface area contributed by atoms with Crippen molar-refractivity contribution >= 4 is 11.7 Å². The van der Waals surface area contributed by atoms with Crippen LogP contribution in [-0.2, 0) is 6.42 Å². The molecule has 1 aliphatic heterocycles. The van der Waals surface area contributed by atoms with E-state index in [2.05, 4.69) is 10.6 Å². The van der Waals surface area contributed by atoms with Crippen molar-refractivity contribution in [1.82, 2.24) is 5.32 Å². The number of carbonyl (C=O) groups excluding carboxylic acids is 1. The normalized spacial score (nSPS) is 12.5. The molecular weight excluding hydrogens is 280 g/mol. The molecular formula is C17H18N2O3. The Morgan fingerprint density at radius 1 is 1.00 bits per heavy atom. The molecule has 5 nitrogen and oxygen atoms in total. The summed E-state index contributed by atoms with van der Waals surface area (Å²) in [7, 11) is 0. The summed E-state index contributed by atoms with van der Waals surface area (Å²) in [6, 6.07) is 15.2. The zero-order valence-corrected chi connectivity index (χ0v) is 12.2. The number of hydrogen-bond acceptors (Lipinski definition) is 3. The number of carbonyl (C=O) groups is 1. The summed E-state index contributed by atoms with van der Waals surface area (Å²) in [6.07, 6.45) is 0.801. The van der Waals surface area contributed by atoms with Gasteiger partial charge in [-0.05, 0) is 24.1 Å². The van der Waals surface area contributed by atoms with Crippen molar-refractivity contribution in [1.29, 1.82) is 0 Å². The number of hydrogen-bond donors (Lipinski definition) is 2. The lowest BCUT2D eigenvalue weighted by molar-refractivity contribution is 0.171. The molecule has 3 rings (SSSR count). The Morgan fingerprint density at radius 3 is 2.59 bits per heavy atom. The topological polar surface area (TPSA) is 59.6 Å². The SMILES string of the molecule is O=C(NCCc1ccccc1)Nc1ccc2c(c1)OCCO2. The predicted octanol–water partition coefficient (Wildman–Crippen LogP) is 2.82. The van der Waals surface area contributed by atoms with Crippen LogP contribution in [0.25, 0.3) is 0 Å². The Balaban J connectivity index is 1.49. The third-order valence-corrected chi connectivity index (χ3v) is 3.34. The van der Waals surface area contributed by atoms with E-state index < -0.39 is 0 Å². The highest BCUT2D eigenvalue weighted by molar-refractivity contribution is 5.89. The monoisotopic (exact) mass is 298 g/mol. The standard InChI is InChI=1S/C17H18N2O3/c20-17(18-9-8-13-4-2-1-3-5-13)19-14-6-7-15-16(12-14)22-11-10-21-15/h1-7,12H,8-11H2,(H2,18,19,20). The molecule has 0 bridgehead atoms. The Kier molecular flexibility index (Phi) is 4.44. The van der Waals surface area contributed by atoms with E-state index in [1.165, 1.54) is 5.56 Å². The highest BCUT2D eigenvalue weighted by Crippen LogP contribution is 2.32. The molecule has 0 spiro atoms. The lowest BCUT2D eigenvalue weighted by Gasteiger charge is -2.19. The van der Waals surface area contributed by atoms with Gasteiger partial charge in [-0.2, -0.15) is 0 Å². The third kappa shape index (κ3) is 3.69. The fourth-order valence-electron chi connectivity index (χ4n) is 2.26. The van der Waals surface area contributed by atoms with E-state index in [9.17, 15) is 4.79 Å². The number of benzene rings is 2. The minimum atomic E-state index is -0.229. The van der Waals surface area contributed by atoms with Crippen molar-refractivity contribution in [3.8, 4) is 11.5 Å². The van der Waals surface area contributed by atoms with Crippen LogP contribution in [0.1, 0.15) is 5.56 Å². The Bertz CT molecular complexity index is 644. The van der Waals surface area contributed by atoms with E-state index in [4.69, 9.17) is 9.47 Å². The molecule has 0 saturated heterocycles. The smallest absolute Gasteiger partial charge is 0.319 e. The van der Waals surface area contributed by atoms with E-state index in [1.54, 1.807) is 18.2 Å². The van der Waals surface area contributed by atoms with Gasteiger partial charge in [0.25, 0.3) is 0 Å². The average Bonchev–Trinajstić information content (AvgIpc) is 2.56. The third-order valence-electron chi connectivity index (χ3n) is 3.34. The Hall–Kier alpha value is -2.69. The van der Waals surface area contributed by atoms with Gasteiger partial charge in [0.05, 0.1) is 0 Å². The van der Waals surface area contributed by atoms with Crippen LogP contribution in [0, 0.1) is 0 Å². The second-order valence-corrected chi connectivity index (χ2v) is 4.97. The molecule has 22 heavy (non-hydrogen) atoms. The first-order valence-corrected chi connectivity index (χ1v) is 7.30. The first-order chi connectivity index (χ1) is 10.8. The van der Waals surface area contributed by atoms with E-state index in [0.717, 1.165) is 6.42 Å². The van der Waals surface area contributed by atoms with Gasteiger partial charge in [-0.25, -0.2) is 4.79 Å². The zero-order valence-electron chi connectivity index (χ0n) is 12.2. The molecule has 1 heterocycles. The lowest BCUT2D eigenvalue weighted by atomic mass is 10.1. The van der Waals surface area contributed by atoms with Gasteiger partial charge >= 0.3 is 6.03 Å². The van der Waals surface area contributed by atoms with Crippen molar-refractivity contribution in [2.24, 2.45) is 0 Å². The van der Waals surface area contributed by atoms with Gasteiger partial charge in [-0.1, -0.05) is 30.3 Å². The minimum absolute atomic E-state index is 0.229. The van der Waals surface area contributed by atoms with Gasteiger partial charge in [0.15, 0.2) is 11.5 Å². The minimum Gasteiger partial charge on any atom is -0.486 e. The van der Waals surface area contributed by atoms with E-state index in [-0.39, 0.29) is 6.03 Å². The van der Waals surface area contributed by atoms with Crippen molar-refractivity contribution in [3.05, 3.63) is 54.1 Å². The van der Waals surface area contributed by atoms with Gasteiger partial charge in [-0.3, -0.25) is 0 Å². The molecule has 0 saturated carbocycles. The van der Waals surface area contributed by atoms with Crippen LogP contribution in [0.5, 0.6) is 11.5 Å². The highest BCUT2D eigenvalue weighted by atomic mass is 16.6. The largest absolute Gasteiger partial charge is 0.486 e. The summed E-state index contributed by atoms with van der Waals surface area (Å²) in [5.74, 6) is 1.37. The Labute approximate surface area is 129 Å². The molecule has 2 aromatic carbocycles. The maximum absolute atomic E-state index is 11.9. The second kappa shape index (κ2) is 6.85. The molecule has 0 unspecified atom stereocenters. The van der Waals surface area contributed by atoms with Gasteiger partial charge < -0.3 is 20.1 Å². The fraction of sp³-hybridized carbons (Fsp3) is 0.235. The second-order valence-electron chi connectivity index (χ2n) is 4.97. The van der Waals surface area contributed by atoms with Crippen LogP contribution < -0.4 is 20.1 Å². The molecule has 114 valence electrons. The Morgan fingerprint density at radius 2 is 1.77 bits per heavy atom. The number of urea groups is 1. The van der Waals surface area contributed by atoms with E-state index in [1.807, 2.05) is 30.3 Å². The molecule has 2 N–H and O–H groups in total. The van der Waals surface area contributed by atoms with Crippen molar-refractivity contribution < 1.29 is 14.3 Å². The molecule has 2 aromatic rings. The number of rotatable bonds is 4. The maximum atomic E-state index is 11.9. The van der Waals surface area contributed by atoms with Crippen molar-refractivity contribution in [2.45, 2.75) is 6.42 Å². The average molecular weight is 298 g/mol. The van der Waals surface area contributed by atoms with Gasteiger partial charge in [0.1, 0.15) is 13.2 Å². The number of amides is 2. The highest BCUT2D eigenvalue weighted by Gasteiger charge is 2.12. The number of ether oxygens (including phenoxy) is 2.